The maximum atomic E-state index is 12.4. The van der Waals surface area contributed by atoms with Gasteiger partial charge in [-0.15, -0.1) is 11.3 Å². The summed E-state index contributed by atoms with van der Waals surface area (Å²) >= 11 is 0.616. The van der Waals surface area contributed by atoms with Crippen LogP contribution in [-0.2, 0) is 12.6 Å². The first kappa shape index (κ1) is 14.6. The van der Waals surface area contributed by atoms with E-state index >= 15 is 0 Å². The standard InChI is InChI=1S/C8H7F3O2S.C6H4/c1-2-4-3-14-6(7(12)13)5(4)8(9,10)11;1-2-6-4-3-5(1)6/h3H,2H2,1H3,(H,12,13);1-4H. The second kappa shape index (κ2) is 5.28. The molecule has 0 aliphatic heterocycles. The van der Waals surface area contributed by atoms with Crippen molar-refractivity contribution in [3.05, 3.63) is 45.6 Å². The van der Waals surface area contributed by atoms with E-state index in [9.17, 15) is 18.0 Å². The summed E-state index contributed by atoms with van der Waals surface area (Å²) in [4.78, 5) is 9.88. The van der Waals surface area contributed by atoms with Gasteiger partial charge in [-0.25, -0.2) is 4.79 Å². The lowest BCUT2D eigenvalue weighted by atomic mass is 9.95. The van der Waals surface area contributed by atoms with Gasteiger partial charge in [0.25, 0.3) is 0 Å². The summed E-state index contributed by atoms with van der Waals surface area (Å²) in [5, 5.41) is 9.79. The Labute approximate surface area is 117 Å². The van der Waals surface area contributed by atoms with E-state index in [0.717, 1.165) is 0 Å². The van der Waals surface area contributed by atoms with Crippen molar-refractivity contribution in [3.63, 3.8) is 0 Å². The third kappa shape index (κ3) is 2.70. The van der Waals surface area contributed by atoms with Gasteiger partial charge >= 0.3 is 12.1 Å². The van der Waals surface area contributed by atoms with Crippen molar-refractivity contribution in [2.45, 2.75) is 19.5 Å². The van der Waals surface area contributed by atoms with E-state index in [1.807, 2.05) is 0 Å². The summed E-state index contributed by atoms with van der Waals surface area (Å²) < 4.78 is 37.3. The predicted octanol–water partition coefficient (Wildman–Crippen LogP) is 4.69. The average Bonchev–Trinajstić information content (AvgIpc) is 2.78. The van der Waals surface area contributed by atoms with E-state index in [4.69, 9.17) is 5.11 Å². The lowest BCUT2D eigenvalue weighted by Crippen LogP contribution is -2.12. The molecular formula is C14H11F3O2S. The van der Waals surface area contributed by atoms with Gasteiger partial charge < -0.3 is 5.11 Å². The molecule has 20 heavy (non-hydrogen) atoms. The van der Waals surface area contributed by atoms with Crippen LogP contribution in [-0.4, -0.2) is 11.1 Å². The number of hydrogen-bond acceptors (Lipinski definition) is 2. The minimum Gasteiger partial charge on any atom is -0.477 e. The Hall–Kier alpha value is -1.82. The summed E-state index contributed by atoms with van der Waals surface area (Å²) in [6.07, 6.45) is -4.41. The fraction of sp³-hybridized carbons (Fsp3) is 0.214. The summed E-state index contributed by atoms with van der Waals surface area (Å²) in [7, 11) is 0. The first-order chi connectivity index (χ1) is 9.34. The molecule has 0 atom stereocenters. The molecule has 0 saturated heterocycles. The minimum absolute atomic E-state index is 0.0416. The molecule has 1 N–H and O–H groups in total. The molecule has 0 fully saturated rings. The molecule has 0 unspecified atom stereocenters. The molecule has 106 valence electrons. The second-order valence-electron chi connectivity index (χ2n) is 4.20. The summed E-state index contributed by atoms with van der Waals surface area (Å²) in [6, 6.07) is 8.48. The molecule has 1 aromatic rings. The molecular weight excluding hydrogens is 289 g/mol. The number of alkyl halides is 3. The molecule has 6 heteroatoms. The highest BCUT2D eigenvalue weighted by molar-refractivity contribution is 7.12. The molecule has 1 aromatic heterocycles. The molecule has 2 aliphatic carbocycles. The number of hydrogen-bond donors (Lipinski definition) is 1. The zero-order chi connectivity index (χ0) is 14.9. The Bertz CT molecular complexity index is 606. The Morgan fingerprint density at radius 1 is 1.20 bits per heavy atom. The van der Waals surface area contributed by atoms with Gasteiger partial charge in [0.2, 0.25) is 0 Å². The molecule has 1 heterocycles. The van der Waals surface area contributed by atoms with E-state index < -0.39 is 22.6 Å². The minimum atomic E-state index is -4.58. The third-order valence-corrected chi connectivity index (χ3v) is 3.96. The van der Waals surface area contributed by atoms with Crippen molar-refractivity contribution in [3.8, 4) is 11.1 Å². The predicted molar refractivity (Wildman–Crippen MR) is 71.1 cm³/mol. The van der Waals surface area contributed by atoms with Gasteiger partial charge in [-0.05, 0) is 28.5 Å². The lowest BCUT2D eigenvalue weighted by Gasteiger charge is -2.10. The van der Waals surface area contributed by atoms with Crippen molar-refractivity contribution >= 4 is 17.3 Å². The topological polar surface area (TPSA) is 37.3 Å². The van der Waals surface area contributed by atoms with Crippen LogP contribution in [0.2, 0.25) is 0 Å². The van der Waals surface area contributed by atoms with Crippen LogP contribution >= 0.6 is 11.3 Å². The number of carboxylic acid groups (broad SMARTS) is 1. The van der Waals surface area contributed by atoms with E-state index in [1.165, 1.54) is 16.5 Å². The number of carbonyl (C=O) groups is 1. The van der Waals surface area contributed by atoms with Gasteiger partial charge in [0.15, 0.2) is 0 Å². The lowest BCUT2D eigenvalue weighted by molar-refractivity contribution is -0.138. The smallest absolute Gasteiger partial charge is 0.418 e. The van der Waals surface area contributed by atoms with Crippen LogP contribution in [0.5, 0.6) is 0 Å². The van der Waals surface area contributed by atoms with Gasteiger partial charge in [-0.3, -0.25) is 0 Å². The quantitative estimate of drug-likeness (QED) is 0.745. The fourth-order valence-corrected chi connectivity index (χ4v) is 2.79. The van der Waals surface area contributed by atoms with Crippen molar-refractivity contribution in [1.29, 1.82) is 0 Å². The summed E-state index contributed by atoms with van der Waals surface area (Å²) in [5.74, 6) is -1.53. The van der Waals surface area contributed by atoms with E-state index in [1.54, 1.807) is 6.92 Å². The van der Waals surface area contributed by atoms with Crippen LogP contribution in [0.4, 0.5) is 13.2 Å². The number of halogens is 3. The van der Waals surface area contributed by atoms with Crippen LogP contribution in [0.3, 0.4) is 0 Å². The molecule has 2 aliphatic rings. The number of thiophene rings is 1. The Kier molecular flexibility index (Phi) is 3.85. The zero-order valence-electron chi connectivity index (χ0n) is 10.5. The van der Waals surface area contributed by atoms with Crippen LogP contribution < -0.4 is 0 Å². The Balaban J connectivity index is 0.000000198. The maximum Gasteiger partial charge on any atom is 0.418 e. The summed E-state index contributed by atoms with van der Waals surface area (Å²) in [5.41, 5.74) is 1.89. The van der Waals surface area contributed by atoms with Crippen molar-refractivity contribution in [1.82, 2.24) is 0 Å². The first-order valence-corrected chi connectivity index (χ1v) is 6.73. The number of aryl methyl sites for hydroxylation is 1. The fourth-order valence-electron chi connectivity index (χ4n) is 1.78. The molecule has 0 aromatic carbocycles. The highest BCUT2D eigenvalue weighted by atomic mass is 32.1. The molecule has 0 saturated carbocycles. The first-order valence-electron chi connectivity index (χ1n) is 5.86. The molecule has 0 radical (unpaired) electrons. The Morgan fingerprint density at radius 2 is 1.70 bits per heavy atom. The van der Waals surface area contributed by atoms with Crippen LogP contribution in [0, 0.1) is 0 Å². The number of fused-ring (bicyclic) bond motifs is 1. The van der Waals surface area contributed by atoms with Crippen molar-refractivity contribution < 1.29 is 23.1 Å². The number of rotatable bonds is 2. The van der Waals surface area contributed by atoms with Gasteiger partial charge in [0.1, 0.15) is 4.88 Å². The summed E-state index contributed by atoms with van der Waals surface area (Å²) in [6.45, 7) is 1.56. The maximum absolute atomic E-state index is 12.4. The number of benzene rings is 1. The van der Waals surface area contributed by atoms with Gasteiger partial charge in [0, 0.05) is 0 Å². The van der Waals surface area contributed by atoms with Crippen LogP contribution in [0.25, 0.3) is 11.1 Å². The molecule has 3 rings (SSSR count). The Morgan fingerprint density at radius 3 is 1.95 bits per heavy atom. The van der Waals surface area contributed by atoms with E-state index in [-0.39, 0.29) is 12.0 Å². The van der Waals surface area contributed by atoms with Gasteiger partial charge in [-0.1, -0.05) is 31.2 Å². The average molecular weight is 300 g/mol. The largest absolute Gasteiger partial charge is 0.477 e. The monoisotopic (exact) mass is 300 g/mol. The van der Waals surface area contributed by atoms with E-state index in [2.05, 4.69) is 24.3 Å². The normalized spacial score (nSPS) is 11.6. The molecule has 0 amide bonds. The second-order valence-corrected chi connectivity index (χ2v) is 5.08. The van der Waals surface area contributed by atoms with Crippen molar-refractivity contribution in [2.75, 3.05) is 0 Å². The SMILES string of the molecule is CCc1csc(C(=O)O)c1C(F)(F)F.c1cc2ccc1-2. The highest BCUT2D eigenvalue weighted by Gasteiger charge is 2.38. The van der Waals surface area contributed by atoms with Gasteiger partial charge in [0.05, 0.1) is 5.56 Å². The number of carboxylic acids is 1. The zero-order valence-corrected chi connectivity index (χ0v) is 11.3. The molecule has 2 nitrogen and oxygen atoms in total. The molecule has 0 bridgehead atoms. The van der Waals surface area contributed by atoms with Crippen molar-refractivity contribution in [2.24, 2.45) is 0 Å². The van der Waals surface area contributed by atoms with Crippen LogP contribution in [0.15, 0.2) is 29.6 Å². The van der Waals surface area contributed by atoms with E-state index in [0.29, 0.717) is 11.3 Å². The highest BCUT2D eigenvalue weighted by Crippen LogP contribution is 2.38. The molecule has 0 spiro atoms. The van der Waals surface area contributed by atoms with Gasteiger partial charge in [-0.2, -0.15) is 13.2 Å². The number of aromatic carboxylic acids is 1. The third-order valence-electron chi connectivity index (χ3n) is 2.94. The van der Waals surface area contributed by atoms with Crippen LogP contribution in [0.1, 0.15) is 27.7 Å².